The average molecular weight is 221 g/mol. The Labute approximate surface area is 94.1 Å². The zero-order chi connectivity index (χ0) is 11.8. The number of rotatable bonds is 3. The van der Waals surface area contributed by atoms with Gasteiger partial charge in [0.2, 0.25) is 17.7 Å². The van der Waals surface area contributed by atoms with Crippen LogP contribution in [0.3, 0.4) is 0 Å². The predicted octanol–water partition coefficient (Wildman–Crippen LogP) is 1.05. The molecule has 0 unspecified atom stereocenters. The summed E-state index contributed by atoms with van der Waals surface area (Å²) in [5.74, 6) is 1.16. The number of hydrogen-bond donors (Lipinski definition) is 0. The minimum Gasteiger partial charge on any atom is -0.425 e. The van der Waals surface area contributed by atoms with Gasteiger partial charge in [-0.15, -0.1) is 10.2 Å². The highest BCUT2D eigenvalue weighted by molar-refractivity contribution is 5.87. The molecule has 0 aliphatic heterocycles. The summed E-state index contributed by atoms with van der Waals surface area (Å²) in [4.78, 5) is 13.0. The summed E-state index contributed by atoms with van der Waals surface area (Å²) < 4.78 is 5.41. The van der Waals surface area contributed by atoms with Crippen molar-refractivity contribution in [1.29, 1.82) is 0 Å². The van der Waals surface area contributed by atoms with Gasteiger partial charge in [0.25, 0.3) is 0 Å². The Balaban J connectivity index is 2.13. The van der Waals surface area contributed by atoms with Gasteiger partial charge in [-0.2, -0.15) is 0 Å². The van der Waals surface area contributed by atoms with Crippen LogP contribution in [0.5, 0.6) is 0 Å². The van der Waals surface area contributed by atoms with Crippen LogP contribution in [0.4, 0.5) is 0 Å². The molecule has 16 heavy (non-hydrogen) atoms. The molecule has 0 atom stereocenters. The van der Waals surface area contributed by atoms with E-state index in [2.05, 4.69) is 10.2 Å². The third-order valence-corrected chi connectivity index (χ3v) is 2.73. The summed E-state index contributed by atoms with van der Waals surface area (Å²) >= 11 is 0. The van der Waals surface area contributed by atoms with Gasteiger partial charge in [0, 0.05) is 27.1 Å². The second-order valence-electron chi connectivity index (χ2n) is 4.35. The van der Waals surface area contributed by atoms with Crippen LogP contribution in [0.15, 0.2) is 16.6 Å². The average Bonchev–Trinajstić information content (AvgIpc) is 2.91. The molecule has 5 nitrogen and oxygen atoms in total. The highest BCUT2D eigenvalue weighted by Gasteiger charge is 2.47. The monoisotopic (exact) mass is 221 g/mol. The van der Waals surface area contributed by atoms with Gasteiger partial charge in [-0.3, -0.25) is 4.79 Å². The molecule has 0 bridgehead atoms. The van der Waals surface area contributed by atoms with Gasteiger partial charge >= 0.3 is 0 Å². The molecule has 2 rings (SSSR count). The van der Waals surface area contributed by atoms with E-state index in [9.17, 15) is 4.79 Å². The first-order valence-corrected chi connectivity index (χ1v) is 5.25. The molecule has 5 heteroatoms. The normalized spacial score (nSPS) is 17.7. The van der Waals surface area contributed by atoms with Gasteiger partial charge in [0.1, 0.15) is 0 Å². The number of likely N-dealkylation sites (N-methyl/N-ethyl adjacent to an activating group) is 1. The lowest BCUT2D eigenvalue weighted by Gasteiger charge is -2.07. The Morgan fingerprint density at radius 3 is 2.56 bits per heavy atom. The van der Waals surface area contributed by atoms with Crippen LogP contribution in [0, 0.1) is 6.92 Å². The highest BCUT2D eigenvalue weighted by Crippen LogP contribution is 2.48. The molecule has 0 saturated heterocycles. The van der Waals surface area contributed by atoms with Crippen molar-refractivity contribution in [2.75, 3.05) is 14.1 Å². The van der Waals surface area contributed by atoms with Crippen molar-refractivity contribution in [3.05, 3.63) is 23.9 Å². The van der Waals surface area contributed by atoms with Crippen LogP contribution < -0.4 is 0 Å². The smallest absolute Gasteiger partial charge is 0.245 e. The molecule has 0 aromatic carbocycles. The third-order valence-electron chi connectivity index (χ3n) is 2.73. The van der Waals surface area contributed by atoms with E-state index in [1.807, 2.05) is 6.08 Å². The van der Waals surface area contributed by atoms with Crippen LogP contribution in [0.2, 0.25) is 0 Å². The molecule has 1 aliphatic rings. The van der Waals surface area contributed by atoms with Crippen LogP contribution in [0.25, 0.3) is 0 Å². The summed E-state index contributed by atoms with van der Waals surface area (Å²) in [5.41, 5.74) is -0.188. The Hall–Kier alpha value is -1.65. The number of aryl methyl sites for hydroxylation is 1. The topological polar surface area (TPSA) is 59.2 Å². The lowest BCUT2D eigenvalue weighted by Crippen LogP contribution is -2.19. The van der Waals surface area contributed by atoms with E-state index in [4.69, 9.17) is 4.42 Å². The Morgan fingerprint density at radius 1 is 1.44 bits per heavy atom. The van der Waals surface area contributed by atoms with E-state index in [0.29, 0.717) is 11.8 Å². The van der Waals surface area contributed by atoms with Crippen LogP contribution in [-0.2, 0) is 10.2 Å². The molecule has 86 valence electrons. The quantitative estimate of drug-likeness (QED) is 0.716. The maximum Gasteiger partial charge on any atom is 0.245 e. The molecule has 1 amide bonds. The zero-order valence-corrected chi connectivity index (χ0v) is 9.73. The zero-order valence-electron chi connectivity index (χ0n) is 9.73. The van der Waals surface area contributed by atoms with Crippen LogP contribution >= 0.6 is 0 Å². The molecule has 0 spiro atoms. The van der Waals surface area contributed by atoms with E-state index in [-0.39, 0.29) is 11.3 Å². The molecule has 1 heterocycles. The van der Waals surface area contributed by atoms with Crippen molar-refractivity contribution in [2.45, 2.75) is 25.2 Å². The van der Waals surface area contributed by atoms with E-state index in [0.717, 1.165) is 12.8 Å². The van der Waals surface area contributed by atoms with E-state index in [1.165, 1.54) is 4.90 Å². The van der Waals surface area contributed by atoms with Gasteiger partial charge in [-0.25, -0.2) is 0 Å². The molecular formula is C11H15N3O2. The minimum atomic E-state index is -0.188. The number of carbonyl (C=O) groups is 1. The molecule has 1 aliphatic carbocycles. The largest absolute Gasteiger partial charge is 0.425 e. The first kappa shape index (κ1) is 10.9. The van der Waals surface area contributed by atoms with Crippen molar-refractivity contribution in [3.63, 3.8) is 0 Å². The van der Waals surface area contributed by atoms with Gasteiger partial charge in [0.15, 0.2) is 0 Å². The van der Waals surface area contributed by atoms with Crippen molar-refractivity contribution < 1.29 is 9.21 Å². The number of hydrogen-bond acceptors (Lipinski definition) is 4. The number of aromatic nitrogens is 2. The number of carbonyl (C=O) groups excluding carboxylic acids is 1. The van der Waals surface area contributed by atoms with E-state index in [1.54, 1.807) is 27.1 Å². The number of amides is 1. The minimum absolute atomic E-state index is 0.0255. The number of nitrogens with zero attached hydrogens (tertiary/aromatic N) is 3. The predicted molar refractivity (Wildman–Crippen MR) is 57.8 cm³/mol. The standard InChI is InChI=1S/C11H15N3O2/c1-8-12-13-10(16-8)11(6-7-11)5-4-9(15)14(2)3/h4-5H,6-7H2,1-3H3. The maximum absolute atomic E-state index is 11.4. The van der Waals surface area contributed by atoms with Crippen LogP contribution in [0.1, 0.15) is 24.6 Å². The Morgan fingerprint density at radius 2 is 2.12 bits per heavy atom. The number of allylic oxidation sites excluding steroid dienone is 1. The van der Waals surface area contributed by atoms with Gasteiger partial charge in [0.05, 0.1) is 5.41 Å². The van der Waals surface area contributed by atoms with Gasteiger partial charge in [-0.05, 0) is 12.8 Å². The Bertz CT molecular complexity index is 430. The summed E-state index contributed by atoms with van der Waals surface area (Å²) in [7, 11) is 3.45. The molecule has 1 fully saturated rings. The molecule has 1 saturated carbocycles. The van der Waals surface area contributed by atoms with Crippen molar-refractivity contribution in [3.8, 4) is 0 Å². The fraction of sp³-hybridized carbons (Fsp3) is 0.545. The second-order valence-corrected chi connectivity index (χ2v) is 4.35. The van der Waals surface area contributed by atoms with E-state index < -0.39 is 0 Å². The molecule has 0 N–H and O–H groups in total. The first-order valence-electron chi connectivity index (χ1n) is 5.25. The summed E-state index contributed by atoms with van der Waals surface area (Å²) in [6.45, 7) is 1.77. The van der Waals surface area contributed by atoms with Crippen molar-refractivity contribution >= 4 is 5.91 Å². The van der Waals surface area contributed by atoms with E-state index >= 15 is 0 Å². The fourth-order valence-corrected chi connectivity index (χ4v) is 1.46. The SMILES string of the molecule is Cc1nnc(C2(C=CC(=O)N(C)C)CC2)o1. The maximum atomic E-state index is 11.4. The summed E-state index contributed by atoms with van der Waals surface area (Å²) in [5, 5.41) is 7.82. The lowest BCUT2D eigenvalue weighted by atomic mass is 10.1. The lowest BCUT2D eigenvalue weighted by molar-refractivity contribution is -0.123. The first-order chi connectivity index (χ1) is 7.53. The third kappa shape index (κ3) is 1.98. The fourth-order valence-electron chi connectivity index (χ4n) is 1.46. The molecular weight excluding hydrogens is 206 g/mol. The van der Waals surface area contributed by atoms with Crippen molar-refractivity contribution in [2.24, 2.45) is 0 Å². The Kier molecular flexibility index (Phi) is 2.53. The van der Waals surface area contributed by atoms with Crippen LogP contribution in [-0.4, -0.2) is 35.1 Å². The molecule has 0 radical (unpaired) electrons. The second kappa shape index (κ2) is 3.73. The van der Waals surface area contributed by atoms with Gasteiger partial charge in [-0.1, -0.05) is 6.08 Å². The summed E-state index contributed by atoms with van der Waals surface area (Å²) in [6.07, 6.45) is 5.38. The van der Waals surface area contributed by atoms with Crippen molar-refractivity contribution in [1.82, 2.24) is 15.1 Å². The molecule has 1 aromatic rings. The molecule has 1 aromatic heterocycles. The van der Waals surface area contributed by atoms with Gasteiger partial charge < -0.3 is 9.32 Å². The summed E-state index contributed by atoms with van der Waals surface area (Å²) in [6, 6.07) is 0. The highest BCUT2D eigenvalue weighted by atomic mass is 16.4.